The zero-order valence-corrected chi connectivity index (χ0v) is 8.58. The molecular weight excluding hydrogens is 160 g/mol. The highest BCUT2D eigenvalue weighted by molar-refractivity contribution is 6.41. The minimum Gasteiger partial charge on any atom is -0.283 e. The fraction of sp³-hybridized carbons (Fsp3) is 0.818. The lowest BCUT2D eigenvalue weighted by Crippen LogP contribution is -2.28. The van der Waals surface area contributed by atoms with Gasteiger partial charge in [-0.15, -0.1) is 0 Å². The number of fused-ring (bicyclic) bond motifs is 1. The summed E-state index contributed by atoms with van der Waals surface area (Å²) >= 11 is 0. The van der Waals surface area contributed by atoms with E-state index in [0.717, 1.165) is 6.42 Å². The molecule has 1 aliphatic heterocycles. The minimum absolute atomic E-state index is 0.528. The number of aliphatic imine (C=N–C) groups is 2. The van der Waals surface area contributed by atoms with Crippen molar-refractivity contribution in [1.29, 1.82) is 0 Å². The summed E-state index contributed by atoms with van der Waals surface area (Å²) in [6.45, 7) is 4.32. The van der Waals surface area contributed by atoms with Crippen molar-refractivity contribution in [1.82, 2.24) is 0 Å². The Balaban J connectivity index is 2.15. The van der Waals surface area contributed by atoms with E-state index in [4.69, 9.17) is 9.98 Å². The summed E-state index contributed by atoms with van der Waals surface area (Å²) in [6.07, 6.45) is 6.12. The van der Waals surface area contributed by atoms with Crippen molar-refractivity contribution in [3.05, 3.63) is 0 Å². The summed E-state index contributed by atoms with van der Waals surface area (Å²) < 4.78 is 0. The lowest BCUT2D eigenvalue weighted by molar-refractivity contribution is 0.599. The third-order valence-corrected chi connectivity index (χ3v) is 3.03. The van der Waals surface area contributed by atoms with Crippen LogP contribution >= 0.6 is 0 Å². The SMILES string of the molecule is CCCC1=NC2CCCC2N=C1C. The van der Waals surface area contributed by atoms with Crippen LogP contribution in [0.5, 0.6) is 0 Å². The van der Waals surface area contributed by atoms with E-state index < -0.39 is 0 Å². The Morgan fingerprint density at radius 1 is 1.23 bits per heavy atom. The summed E-state index contributed by atoms with van der Waals surface area (Å²) in [5, 5.41) is 0. The van der Waals surface area contributed by atoms with Crippen LogP contribution in [0, 0.1) is 0 Å². The molecule has 72 valence electrons. The molecule has 0 bridgehead atoms. The molecule has 0 spiro atoms. The van der Waals surface area contributed by atoms with Crippen LogP contribution in [0.3, 0.4) is 0 Å². The zero-order chi connectivity index (χ0) is 9.26. The Kier molecular flexibility index (Phi) is 2.47. The molecule has 0 amide bonds. The molecule has 0 aromatic carbocycles. The largest absolute Gasteiger partial charge is 0.283 e. The smallest absolute Gasteiger partial charge is 0.0727 e. The summed E-state index contributed by atoms with van der Waals surface area (Å²) in [7, 11) is 0. The monoisotopic (exact) mass is 178 g/mol. The highest BCUT2D eigenvalue weighted by atomic mass is 15.0. The van der Waals surface area contributed by atoms with Gasteiger partial charge in [-0.2, -0.15) is 0 Å². The second-order valence-corrected chi connectivity index (χ2v) is 4.11. The first-order valence-corrected chi connectivity index (χ1v) is 5.42. The van der Waals surface area contributed by atoms with Crippen molar-refractivity contribution in [2.75, 3.05) is 0 Å². The molecule has 13 heavy (non-hydrogen) atoms. The van der Waals surface area contributed by atoms with E-state index >= 15 is 0 Å². The molecule has 0 aromatic heterocycles. The van der Waals surface area contributed by atoms with Crippen LogP contribution in [-0.2, 0) is 0 Å². The Morgan fingerprint density at radius 2 is 1.92 bits per heavy atom. The molecule has 2 nitrogen and oxygen atoms in total. The predicted octanol–water partition coefficient (Wildman–Crippen LogP) is 2.62. The van der Waals surface area contributed by atoms with Crippen molar-refractivity contribution in [3.8, 4) is 0 Å². The van der Waals surface area contributed by atoms with Crippen molar-refractivity contribution in [2.24, 2.45) is 9.98 Å². The van der Waals surface area contributed by atoms with Crippen LogP contribution in [0.25, 0.3) is 0 Å². The van der Waals surface area contributed by atoms with Crippen molar-refractivity contribution >= 4 is 11.4 Å². The van der Waals surface area contributed by atoms with Gasteiger partial charge in [0.25, 0.3) is 0 Å². The maximum Gasteiger partial charge on any atom is 0.0727 e. The predicted molar refractivity (Wildman–Crippen MR) is 56.9 cm³/mol. The van der Waals surface area contributed by atoms with Crippen LogP contribution in [0.2, 0.25) is 0 Å². The number of rotatable bonds is 2. The van der Waals surface area contributed by atoms with E-state index in [2.05, 4.69) is 13.8 Å². The maximum absolute atomic E-state index is 4.80. The van der Waals surface area contributed by atoms with Crippen LogP contribution < -0.4 is 0 Å². The highest BCUT2D eigenvalue weighted by Crippen LogP contribution is 2.28. The molecule has 0 aromatic rings. The molecule has 1 heterocycles. The van der Waals surface area contributed by atoms with E-state index in [1.807, 2.05) is 0 Å². The Morgan fingerprint density at radius 3 is 2.62 bits per heavy atom. The topological polar surface area (TPSA) is 24.7 Å². The highest BCUT2D eigenvalue weighted by Gasteiger charge is 2.29. The van der Waals surface area contributed by atoms with E-state index in [0.29, 0.717) is 12.1 Å². The van der Waals surface area contributed by atoms with Crippen LogP contribution in [0.1, 0.15) is 46.0 Å². The van der Waals surface area contributed by atoms with Gasteiger partial charge in [0.05, 0.1) is 23.5 Å². The number of nitrogens with zero attached hydrogens (tertiary/aromatic N) is 2. The number of hydrogen-bond donors (Lipinski definition) is 0. The third-order valence-electron chi connectivity index (χ3n) is 3.03. The average Bonchev–Trinajstić information content (AvgIpc) is 2.52. The fourth-order valence-electron chi connectivity index (χ4n) is 2.32. The van der Waals surface area contributed by atoms with E-state index in [9.17, 15) is 0 Å². The van der Waals surface area contributed by atoms with Gasteiger partial charge in [-0.25, -0.2) is 0 Å². The summed E-state index contributed by atoms with van der Waals surface area (Å²) in [4.78, 5) is 9.53. The van der Waals surface area contributed by atoms with Crippen molar-refractivity contribution < 1.29 is 0 Å². The van der Waals surface area contributed by atoms with Gasteiger partial charge in [0, 0.05) is 0 Å². The van der Waals surface area contributed by atoms with Gasteiger partial charge < -0.3 is 0 Å². The van der Waals surface area contributed by atoms with Gasteiger partial charge in [-0.3, -0.25) is 9.98 Å². The molecular formula is C11H18N2. The van der Waals surface area contributed by atoms with Gasteiger partial charge in [0.2, 0.25) is 0 Å². The zero-order valence-electron chi connectivity index (χ0n) is 8.58. The molecule has 2 unspecified atom stereocenters. The Bertz CT molecular complexity index is 253. The molecule has 2 aliphatic rings. The molecule has 0 N–H and O–H groups in total. The van der Waals surface area contributed by atoms with Gasteiger partial charge in [0.1, 0.15) is 0 Å². The van der Waals surface area contributed by atoms with Gasteiger partial charge in [0.15, 0.2) is 0 Å². The second-order valence-electron chi connectivity index (χ2n) is 4.11. The average molecular weight is 178 g/mol. The lowest BCUT2D eigenvalue weighted by Gasteiger charge is -2.20. The molecule has 1 aliphatic carbocycles. The van der Waals surface area contributed by atoms with Gasteiger partial charge in [-0.05, 0) is 32.6 Å². The minimum atomic E-state index is 0.528. The lowest BCUT2D eigenvalue weighted by atomic mass is 10.1. The maximum atomic E-state index is 4.80. The van der Waals surface area contributed by atoms with Crippen LogP contribution in [-0.4, -0.2) is 23.5 Å². The first-order valence-electron chi connectivity index (χ1n) is 5.42. The summed E-state index contributed by atoms with van der Waals surface area (Å²) in [5.74, 6) is 0. The molecule has 2 rings (SSSR count). The molecule has 2 heteroatoms. The first kappa shape index (κ1) is 8.92. The molecule has 0 radical (unpaired) electrons. The summed E-state index contributed by atoms with van der Waals surface area (Å²) in [5.41, 5.74) is 2.47. The number of hydrogen-bond acceptors (Lipinski definition) is 2. The molecule has 1 saturated carbocycles. The third kappa shape index (κ3) is 1.67. The van der Waals surface area contributed by atoms with Crippen LogP contribution in [0.4, 0.5) is 0 Å². The second kappa shape index (κ2) is 3.60. The first-order chi connectivity index (χ1) is 6.31. The van der Waals surface area contributed by atoms with E-state index in [1.54, 1.807) is 0 Å². The normalized spacial score (nSPS) is 32.5. The quantitative estimate of drug-likeness (QED) is 0.621. The summed E-state index contributed by atoms with van der Waals surface area (Å²) in [6, 6.07) is 1.06. The van der Waals surface area contributed by atoms with Crippen molar-refractivity contribution in [2.45, 2.75) is 58.0 Å². The Hall–Kier alpha value is -0.660. The van der Waals surface area contributed by atoms with E-state index in [-0.39, 0.29) is 0 Å². The van der Waals surface area contributed by atoms with Crippen molar-refractivity contribution in [3.63, 3.8) is 0 Å². The molecule has 2 atom stereocenters. The molecule has 0 saturated heterocycles. The van der Waals surface area contributed by atoms with Crippen LogP contribution in [0.15, 0.2) is 9.98 Å². The van der Waals surface area contributed by atoms with E-state index in [1.165, 1.54) is 37.1 Å². The van der Waals surface area contributed by atoms with Gasteiger partial charge >= 0.3 is 0 Å². The van der Waals surface area contributed by atoms with Gasteiger partial charge in [-0.1, -0.05) is 13.3 Å². The standard InChI is InChI=1S/C11H18N2/c1-3-5-9-8(2)12-10-6-4-7-11(10)13-9/h10-11H,3-7H2,1-2H3. The fourth-order valence-corrected chi connectivity index (χ4v) is 2.32. The molecule has 1 fully saturated rings. The Labute approximate surface area is 80.2 Å².